The molecule has 2 heteroatoms. The van der Waals surface area contributed by atoms with E-state index in [1.165, 1.54) is 23.1 Å². The maximum atomic E-state index is 11.6. The van der Waals surface area contributed by atoms with Crippen LogP contribution in [0.25, 0.3) is 0 Å². The fourth-order valence-corrected chi connectivity index (χ4v) is 2.84. The Hall–Kier alpha value is -1.31. The molecule has 0 radical (unpaired) electrons. The lowest BCUT2D eigenvalue weighted by Gasteiger charge is -2.37. The molecular formula is C16H23NO. The van der Waals surface area contributed by atoms with Crippen LogP contribution < -0.4 is 0 Å². The molecule has 18 heavy (non-hydrogen) atoms. The Balaban J connectivity index is 2.18. The zero-order chi connectivity index (χ0) is 13.3. The average Bonchev–Trinajstić information content (AvgIpc) is 2.33. The van der Waals surface area contributed by atoms with Crippen LogP contribution in [0.1, 0.15) is 49.3 Å². The van der Waals surface area contributed by atoms with Crippen LogP contribution in [0.4, 0.5) is 0 Å². The minimum absolute atomic E-state index is 0.205. The molecule has 1 saturated heterocycles. The summed E-state index contributed by atoms with van der Waals surface area (Å²) < 4.78 is 0. The summed E-state index contributed by atoms with van der Waals surface area (Å²) >= 11 is 0. The standard InChI is InChI=1S/C16H23NO/c1-11-5-7-15(9-12(11)2)16-8-6-13(3)17(10-16)14(4)18/h5,7,9,13,16H,6,8,10H2,1-4H3/t13-,16+/m0/s1. The summed E-state index contributed by atoms with van der Waals surface area (Å²) in [7, 11) is 0. The Morgan fingerprint density at radius 3 is 2.56 bits per heavy atom. The molecule has 2 nitrogen and oxygen atoms in total. The van der Waals surface area contributed by atoms with E-state index in [4.69, 9.17) is 0 Å². The quantitative estimate of drug-likeness (QED) is 0.742. The minimum atomic E-state index is 0.205. The fourth-order valence-electron chi connectivity index (χ4n) is 2.84. The molecule has 98 valence electrons. The SMILES string of the molecule is CC(=O)N1C[C@H](c2ccc(C)c(C)c2)CC[C@@H]1C. The molecule has 0 aliphatic carbocycles. The summed E-state index contributed by atoms with van der Waals surface area (Å²) in [6.07, 6.45) is 2.30. The van der Waals surface area contributed by atoms with E-state index in [2.05, 4.69) is 39.0 Å². The molecule has 1 heterocycles. The Kier molecular flexibility index (Phi) is 3.74. The van der Waals surface area contributed by atoms with Gasteiger partial charge in [0.15, 0.2) is 0 Å². The summed E-state index contributed by atoms with van der Waals surface area (Å²) in [4.78, 5) is 13.7. The van der Waals surface area contributed by atoms with Crippen molar-refractivity contribution >= 4 is 5.91 Å². The van der Waals surface area contributed by atoms with Gasteiger partial charge in [-0.1, -0.05) is 18.2 Å². The number of rotatable bonds is 1. The van der Waals surface area contributed by atoms with Crippen molar-refractivity contribution in [2.75, 3.05) is 6.54 Å². The van der Waals surface area contributed by atoms with Crippen molar-refractivity contribution < 1.29 is 4.79 Å². The van der Waals surface area contributed by atoms with Gasteiger partial charge in [0.25, 0.3) is 0 Å². The van der Waals surface area contributed by atoms with Gasteiger partial charge in [0.1, 0.15) is 0 Å². The van der Waals surface area contributed by atoms with Crippen LogP contribution >= 0.6 is 0 Å². The molecule has 0 unspecified atom stereocenters. The van der Waals surface area contributed by atoms with Gasteiger partial charge in [-0.3, -0.25) is 4.79 Å². The molecule has 0 N–H and O–H groups in total. The number of amides is 1. The summed E-state index contributed by atoms with van der Waals surface area (Å²) in [5.74, 6) is 0.709. The molecular weight excluding hydrogens is 222 g/mol. The van der Waals surface area contributed by atoms with Crippen LogP contribution in [0.15, 0.2) is 18.2 Å². The molecule has 0 bridgehead atoms. The first-order chi connectivity index (χ1) is 8.49. The third-order valence-corrected chi connectivity index (χ3v) is 4.29. The van der Waals surface area contributed by atoms with E-state index in [9.17, 15) is 4.79 Å². The van der Waals surface area contributed by atoms with Crippen molar-refractivity contribution in [2.24, 2.45) is 0 Å². The zero-order valence-corrected chi connectivity index (χ0v) is 11.9. The number of carbonyl (C=O) groups excluding carboxylic acids is 1. The molecule has 1 amide bonds. The maximum Gasteiger partial charge on any atom is 0.219 e. The Morgan fingerprint density at radius 2 is 1.94 bits per heavy atom. The van der Waals surface area contributed by atoms with Gasteiger partial charge in [0.2, 0.25) is 5.91 Å². The maximum absolute atomic E-state index is 11.6. The second-order valence-electron chi connectivity index (χ2n) is 5.64. The smallest absolute Gasteiger partial charge is 0.219 e. The second-order valence-corrected chi connectivity index (χ2v) is 5.64. The van der Waals surface area contributed by atoms with Crippen molar-refractivity contribution in [1.29, 1.82) is 0 Å². The molecule has 1 fully saturated rings. The number of aryl methyl sites for hydroxylation is 2. The van der Waals surface area contributed by atoms with Gasteiger partial charge >= 0.3 is 0 Å². The van der Waals surface area contributed by atoms with Gasteiger partial charge in [-0.15, -0.1) is 0 Å². The minimum Gasteiger partial charge on any atom is -0.340 e. The lowest BCUT2D eigenvalue weighted by molar-refractivity contribution is -0.132. The third kappa shape index (κ3) is 2.58. The predicted octanol–water partition coefficient (Wildman–Crippen LogP) is 3.42. The highest BCUT2D eigenvalue weighted by molar-refractivity contribution is 5.73. The van der Waals surface area contributed by atoms with E-state index >= 15 is 0 Å². The van der Waals surface area contributed by atoms with Gasteiger partial charge in [-0.25, -0.2) is 0 Å². The van der Waals surface area contributed by atoms with Crippen LogP contribution in [0.5, 0.6) is 0 Å². The van der Waals surface area contributed by atoms with Crippen molar-refractivity contribution in [2.45, 2.75) is 52.5 Å². The summed E-state index contributed by atoms with van der Waals surface area (Å²) in [6.45, 7) is 9.01. The second kappa shape index (κ2) is 5.13. The van der Waals surface area contributed by atoms with E-state index in [0.717, 1.165) is 13.0 Å². The van der Waals surface area contributed by atoms with Crippen LogP contribution in [-0.4, -0.2) is 23.4 Å². The first-order valence-corrected chi connectivity index (χ1v) is 6.83. The molecule has 1 aliphatic heterocycles. The van der Waals surface area contributed by atoms with Crippen LogP contribution in [-0.2, 0) is 4.79 Å². The highest BCUT2D eigenvalue weighted by Crippen LogP contribution is 2.30. The number of likely N-dealkylation sites (tertiary alicyclic amines) is 1. The number of hydrogen-bond donors (Lipinski definition) is 0. The van der Waals surface area contributed by atoms with Crippen LogP contribution in [0.2, 0.25) is 0 Å². The fraction of sp³-hybridized carbons (Fsp3) is 0.562. The number of carbonyl (C=O) groups is 1. The predicted molar refractivity (Wildman–Crippen MR) is 74.7 cm³/mol. The van der Waals surface area contributed by atoms with Gasteiger partial charge < -0.3 is 4.90 Å². The van der Waals surface area contributed by atoms with Crippen molar-refractivity contribution in [3.63, 3.8) is 0 Å². The Morgan fingerprint density at radius 1 is 1.22 bits per heavy atom. The highest BCUT2D eigenvalue weighted by atomic mass is 16.2. The lowest BCUT2D eigenvalue weighted by Crippen LogP contribution is -2.43. The molecule has 1 aromatic carbocycles. The van der Waals surface area contributed by atoms with Crippen LogP contribution in [0, 0.1) is 13.8 Å². The molecule has 0 spiro atoms. The normalized spacial score (nSPS) is 24.1. The molecule has 2 atom stereocenters. The lowest BCUT2D eigenvalue weighted by atomic mass is 9.86. The number of benzene rings is 1. The summed E-state index contributed by atoms with van der Waals surface area (Å²) in [5, 5.41) is 0. The summed E-state index contributed by atoms with van der Waals surface area (Å²) in [5.41, 5.74) is 4.07. The third-order valence-electron chi connectivity index (χ3n) is 4.29. The van der Waals surface area contributed by atoms with Gasteiger partial charge in [-0.05, 0) is 50.3 Å². The average molecular weight is 245 g/mol. The number of hydrogen-bond acceptors (Lipinski definition) is 1. The largest absolute Gasteiger partial charge is 0.340 e. The molecule has 0 aromatic heterocycles. The Bertz CT molecular complexity index is 452. The molecule has 1 aliphatic rings. The van der Waals surface area contributed by atoms with Crippen LogP contribution in [0.3, 0.4) is 0 Å². The number of nitrogens with zero attached hydrogens (tertiary/aromatic N) is 1. The van der Waals surface area contributed by atoms with Crippen molar-refractivity contribution in [3.8, 4) is 0 Å². The van der Waals surface area contributed by atoms with Gasteiger partial charge in [0.05, 0.1) is 0 Å². The van der Waals surface area contributed by atoms with E-state index < -0.39 is 0 Å². The molecule has 1 aromatic rings. The first kappa shape index (κ1) is 13.1. The highest BCUT2D eigenvalue weighted by Gasteiger charge is 2.27. The van der Waals surface area contributed by atoms with E-state index in [1.807, 2.05) is 4.90 Å². The van der Waals surface area contributed by atoms with E-state index in [1.54, 1.807) is 6.92 Å². The molecule has 0 saturated carbocycles. The van der Waals surface area contributed by atoms with E-state index in [-0.39, 0.29) is 5.91 Å². The van der Waals surface area contributed by atoms with Gasteiger partial charge in [-0.2, -0.15) is 0 Å². The summed E-state index contributed by atoms with van der Waals surface area (Å²) in [6, 6.07) is 7.10. The number of piperidine rings is 1. The monoisotopic (exact) mass is 245 g/mol. The topological polar surface area (TPSA) is 20.3 Å². The zero-order valence-electron chi connectivity index (χ0n) is 11.9. The molecule has 2 rings (SSSR count). The first-order valence-electron chi connectivity index (χ1n) is 6.83. The van der Waals surface area contributed by atoms with E-state index in [0.29, 0.717) is 12.0 Å². The van der Waals surface area contributed by atoms with Crippen molar-refractivity contribution in [1.82, 2.24) is 4.90 Å². The van der Waals surface area contributed by atoms with Gasteiger partial charge in [0, 0.05) is 25.4 Å². The Labute approximate surface area is 110 Å². The van der Waals surface area contributed by atoms with Crippen molar-refractivity contribution in [3.05, 3.63) is 34.9 Å².